The number of carbonyl (C=O) groups excluding carboxylic acids is 1. The van der Waals surface area contributed by atoms with Crippen molar-refractivity contribution in [3.05, 3.63) is 41.2 Å². The topological polar surface area (TPSA) is 110 Å². The number of aliphatic hydroxyl groups excluding tert-OH is 1. The molecule has 0 aliphatic carbocycles. The molecule has 1 amide bonds. The van der Waals surface area contributed by atoms with Crippen LogP contribution in [-0.2, 0) is 17.1 Å². The van der Waals surface area contributed by atoms with Gasteiger partial charge < -0.3 is 19.7 Å². The summed E-state index contributed by atoms with van der Waals surface area (Å²) < 4.78 is 87.3. The molecular weight excluding hydrogens is 434 g/mol. The molecule has 1 aliphatic heterocycles. The van der Waals surface area contributed by atoms with Crippen LogP contribution in [0.4, 0.5) is 23.2 Å². The molecule has 0 bridgehead atoms. The van der Waals surface area contributed by atoms with Crippen molar-refractivity contribution in [2.75, 3.05) is 11.9 Å². The number of ether oxygens (including phenoxy) is 1. The Morgan fingerprint density at radius 2 is 2.03 bits per heavy atom. The first-order chi connectivity index (χ1) is 13.9. The Bertz CT molecular complexity index is 1100. The number of anilines is 1. The quantitative estimate of drug-likeness (QED) is 0.616. The summed E-state index contributed by atoms with van der Waals surface area (Å²) in [5, 5.41) is 11.7. The van der Waals surface area contributed by atoms with Crippen LogP contribution in [-0.4, -0.2) is 42.8 Å². The van der Waals surface area contributed by atoms with Crippen LogP contribution in [0.2, 0.25) is 0 Å². The third-order valence-electron chi connectivity index (χ3n) is 4.50. The number of hydrogen-bond acceptors (Lipinski definition) is 5. The van der Waals surface area contributed by atoms with E-state index in [0.29, 0.717) is 6.07 Å². The van der Waals surface area contributed by atoms with Gasteiger partial charge in [0.1, 0.15) is 17.3 Å². The van der Waals surface area contributed by atoms with Crippen LogP contribution < -0.4 is 14.8 Å². The number of aliphatic hydroxyl groups is 1. The molecule has 0 spiro atoms. The molecule has 0 radical (unpaired) electrons. The van der Waals surface area contributed by atoms with Gasteiger partial charge in [0.15, 0.2) is 17.3 Å². The summed E-state index contributed by atoms with van der Waals surface area (Å²) in [7, 11) is -2.85. The minimum Gasteiger partial charge on any atom is -0.488 e. The number of hydrogen-bond donors (Lipinski definition) is 3. The van der Waals surface area contributed by atoms with E-state index < -0.39 is 62.3 Å². The number of nitrogens with zero attached hydrogens (tertiary/aromatic N) is 1. The second kappa shape index (κ2) is 7.89. The second-order valence-corrected chi connectivity index (χ2v) is 8.32. The fraction of sp³-hybridized carbons (Fsp3) is 0.353. The van der Waals surface area contributed by atoms with E-state index in [1.807, 2.05) is 5.32 Å². The summed E-state index contributed by atoms with van der Waals surface area (Å²) >= 11 is 0. The number of aromatic nitrogens is 1. The Labute approximate surface area is 168 Å². The molecule has 0 saturated carbocycles. The predicted octanol–water partition coefficient (Wildman–Crippen LogP) is 1.91. The zero-order valence-corrected chi connectivity index (χ0v) is 16.4. The Morgan fingerprint density at radius 1 is 1.37 bits per heavy atom. The zero-order valence-electron chi connectivity index (χ0n) is 15.6. The number of carbonyl (C=O) groups is 1. The molecule has 3 N–H and O–H groups in total. The number of amides is 1. The Morgan fingerprint density at radius 3 is 2.63 bits per heavy atom. The number of fused-ring (bicyclic) bond motifs is 1. The standard InChI is InChI=1S/C17H17F4N3O5S/c1-7(25)10-6-29-15-11(30(27,28)23-10)5-24(2)14(15)17(26)22-9-4-3-8(18)12(13(9)19)16(20)21/h3-5,7,10,16,23,25H,6H2,1-2H3,(H,22,26)/t7-,10+/m0/s1. The minimum absolute atomic E-state index is 0.311. The number of halogens is 4. The highest BCUT2D eigenvalue weighted by molar-refractivity contribution is 7.89. The Balaban J connectivity index is 2.01. The molecule has 13 heteroatoms. The van der Waals surface area contributed by atoms with Crippen LogP contribution in [0.5, 0.6) is 5.75 Å². The van der Waals surface area contributed by atoms with E-state index in [1.54, 1.807) is 0 Å². The van der Waals surface area contributed by atoms with Crippen LogP contribution in [0.1, 0.15) is 29.4 Å². The molecule has 8 nitrogen and oxygen atoms in total. The van der Waals surface area contributed by atoms with Crippen molar-refractivity contribution in [1.82, 2.24) is 9.29 Å². The summed E-state index contributed by atoms with van der Waals surface area (Å²) in [5.74, 6) is -4.56. The average Bonchev–Trinajstić information content (AvgIpc) is 2.91. The maximum atomic E-state index is 14.2. The molecule has 0 fully saturated rings. The number of sulfonamides is 1. The van der Waals surface area contributed by atoms with E-state index in [2.05, 4.69) is 4.72 Å². The molecule has 0 unspecified atom stereocenters. The highest BCUT2D eigenvalue weighted by atomic mass is 32.2. The van der Waals surface area contributed by atoms with Crippen LogP contribution in [0.15, 0.2) is 23.2 Å². The Hall–Kier alpha value is -2.64. The van der Waals surface area contributed by atoms with Crippen molar-refractivity contribution < 1.29 is 40.6 Å². The van der Waals surface area contributed by atoms with Crippen molar-refractivity contribution in [2.45, 2.75) is 30.4 Å². The van der Waals surface area contributed by atoms with E-state index >= 15 is 0 Å². The van der Waals surface area contributed by atoms with E-state index in [-0.39, 0.29) is 18.1 Å². The van der Waals surface area contributed by atoms with Crippen LogP contribution in [0, 0.1) is 11.6 Å². The summed E-state index contributed by atoms with van der Waals surface area (Å²) in [4.78, 5) is 12.3. The SMILES string of the molecule is C[C@H](O)[C@H]1COc2c(cn(C)c2C(=O)Nc2ccc(F)c(C(F)F)c2F)S(=O)(=O)N1. The number of benzene rings is 1. The zero-order chi connectivity index (χ0) is 22.4. The normalized spacial score (nSPS) is 19.0. The number of rotatable bonds is 4. The van der Waals surface area contributed by atoms with Crippen molar-refractivity contribution >= 4 is 21.6 Å². The maximum Gasteiger partial charge on any atom is 0.276 e. The molecule has 2 atom stereocenters. The molecule has 1 aromatic heterocycles. The monoisotopic (exact) mass is 451 g/mol. The van der Waals surface area contributed by atoms with Gasteiger partial charge in [-0.05, 0) is 19.1 Å². The van der Waals surface area contributed by atoms with Crippen LogP contribution >= 0.6 is 0 Å². The van der Waals surface area contributed by atoms with Crippen LogP contribution in [0.3, 0.4) is 0 Å². The lowest BCUT2D eigenvalue weighted by Crippen LogP contribution is -2.44. The third kappa shape index (κ3) is 3.87. The van der Waals surface area contributed by atoms with Gasteiger partial charge in [-0.15, -0.1) is 0 Å². The summed E-state index contributed by atoms with van der Waals surface area (Å²) in [6.45, 7) is 1.03. The molecule has 2 heterocycles. The first kappa shape index (κ1) is 22.1. The van der Waals surface area contributed by atoms with E-state index in [1.165, 1.54) is 14.0 Å². The van der Waals surface area contributed by atoms with Crippen LogP contribution in [0.25, 0.3) is 0 Å². The molecule has 0 saturated heterocycles. The largest absolute Gasteiger partial charge is 0.488 e. The number of aryl methyl sites for hydroxylation is 1. The molecule has 3 rings (SSSR count). The third-order valence-corrected chi connectivity index (χ3v) is 5.98. The van der Waals surface area contributed by atoms with Gasteiger partial charge in [-0.2, -0.15) is 0 Å². The lowest BCUT2D eigenvalue weighted by molar-refractivity contribution is 0.100. The molecule has 1 aromatic carbocycles. The van der Waals surface area contributed by atoms with Gasteiger partial charge in [0.2, 0.25) is 10.0 Å². The molecule has 164 valence electrons. The fourth-order valence-electron chi connectivity index (χ4n) is 2.93. The van der Waals surface area contributed by atoms with Gasteiger partial charge in [-0.25, -0.2) is 30.7 Å². The average molecular weight is 451 g/mol. The molecule has 30 heavy (non-hydrogen) atoms. The smallest absolute Gasteiger partial charge is 0.276 e. The highest BCUT2D eigenvalue weighted by Crippen LogP contribution is 2.34. The Kier molecular flexibility index (Phi) is 5.80. The minimum atomic E-state index is -4.17. The molecule has 1 aliphatic rings. The highest BCUT2D eigenvalue weighted by Gasteiger charge is 2.36. The fourth-order valence-corrected chi connectivity index (χ4v) is 4.41. The summed E-state index contributed by atoms with van der Waals surface area (Å²) in [5.41, 5.74) is -2.56. The lowest BCUT2D eigenvalue weighted by atomic mass is 10.1. The van der Waals surface area contributed by atoms with E-state index in [9.17, 15) is 35.9 Å². The van der Waals surface area contributed by atoms with E-state index in [4.69, 9.17) is 4.74 Å². The van der Waals surface area contributed by atoms with Crippen molar-refractivity contribution in [2.24, 2.45) is 7.05 Å². The van der Waals surface area contributed by atoms with Crippen molar-refractivity contribution in [3.63, 3.8) is 0 Å². The van der Waals surface area contributed by atoms with E-state index in [0.717, 1.165) is 16.8 Å². The van der Waals surface area contributed by atoms with Gasteiger partial charge in [-0.1, -0.05) is 0 Å². The van der Waals surface area contributed by atoms with Gasteiger partial charge in [-0.3, -0.25) is 4.79 Å². The number of alkyl halides is 2. The van der Waals surface area contributed by atoms with Gasteiger partial charge in [0.25, 0.3) is 12.3 Å². The second-order valence-electron chi connectivity index (χ2n) is 6.64. The predicted molar refractivity (Wildman–Crippen MR) is 96.0 cm³/mol. The van der Waals surface area contributed by atoms with Gasteiger partial charge >= 0.3 is 0 Å². The van der Waals surface area contributed by atoms with Crippen molar-refractivity contribution in [1.29, 1.82) is 0 Å². The van der Waals surface area contributed by atoms with Gasteiger partial charge in [0, 0.05) is 13.2 Å². The number of nitrogens with one attached hydrogen (secondary N) is 2. The summed E-state index contributed by atoms with van der Waals surface area (Å²) in [6, 6.07) is 0.342. The lowest BCUT2D eigenvalue weighted by Gasteiger charge is -2.18. The molecule has 2 aromatic rings. The summed E-state index contributed by atoms with van der Waals surface area (Å²) in [6.07, 6.45) is -3.48. The first-order valence-corrected chi connectivity index (χ1v) is 10.0. The first-order valence-electron chi connectivity index (χ1n) is 8.54. The molecular formula is C17H17F4N3O5S. The van der Waals surface area contributed by atoms with Crippen molar-refractivity contribution in [3.8, 4) is 5.75 Å². The maximum absolute atomic E-state index is 14.2. The van der Waals surface area contributed by atoms with Gasteiger partial charge in [0.05, 0.1) is 23.4 Å².